The number of anilines is 1. The molecule has 0 aliphatic rings. The molecule has 0 saturated carbocycles. The van der Waals surface area contributed by atoms with Crippen LogP contribution in [0, 0.1) is 0 Å². The number of aliphatic hydroxyl groups is 1. The summed E-state index contributed by atoms with van der Waals surface area (Å²) in [6.45, 7) is -0.170. The first-order valence-corrected chi connectivity index (χ1v) is 7.26. The predicted octanol–water partition coefficient (Wildman–Crippen LogP) is 3.74. The maximum atomic E-state index is 12.1. The van der Waals surface area contributed by atoms with E-state index in [9.17, 15) is 4.79 Å². The van der Waals surface area contributed by atoms with Crippen LogP contribution in [-0.2, 0) is 6.61 Å². The average molecular weight is 329 g/mol. The number of nitrogens with zero attached hydrogens (tertiary/aromatic N) is 1. The Balaban J connectivity index is 1.80. The Labute approximate surface area is 137 Å². The number of hydrogen-bond acceptors (Lipinski definition) is 4. The number of halogens is 1. The lowest BCUT2D eigenvalue weighted by molar-refractivity contribution is 0.102. The van der Waals surface area contributed by atoms with Crippen molar-refractivity contribution in [2.24, 2.45) is 0 Å². The molecule has 0 radical (unpaired) electrons. The van der Waals surface area contributed by atoms with Crippen molar-refractivity contribution >= 4 is 23.2 Å². The van der Waals surface area contributed by atoms with Crippen LogP contribution in [0.3, 0.4) is 0 Å². The Kier molecular flexibility index (Phi) is 4.41. The number of pyridine rings is 1. The van der Waals surface area contributed by atoms with E-state index in [-0.39, 0.29) is 12.5 Å². The summed E-state index contributed by atoms with van der Waals surface area (Å²) in [4.78, 5) is 16.0. The molecule has 2 N–H and O–H groups in total. The number of carbonyl (C=O) groups is 1. The molecule has 1 amide bonds. The van der Waals surface area contributed by atoms with Crippen LogP contribution in [0.4, 0.5) is 5.69 Å². The topological polar surface area (TPSA) is 75.4 Å². The second-order valence-electron chi connectivity index (χ2n) is 4.81. The highest BCUT2D eigenvalue weighted by molar-refractivity contribution is 6.33. The fourth-order valence-corrected chi connectivity index (χ4v) is 2.37. The Morgan fingerprint density at radius 1 is 1.26 bits per heavy atom. The first kappa shape index (κ1) is 15.3. The van der Waals surface area contributed by atoms with Crippen LogP contribution < -0.4 is 5.32 Å². The van der Waals surface area contributed by atoms with Gasteiger partial charge in [-0.3, -0.25) is 9.78 Å². The third-order valence-corrected chi connectivity index (χ3v) is 3.55. The lowest BCUT2D eigenvalue weighted by Gasteiger charge is -2.07. The third-order valence-electron chi connectivity index (χ3n) is 3.23. The second-order valence-corrected chi connectivity index (χ2v) is 5.22. The van der Waals surface area contributed by atoms with Gasteiger partial charge in [0.1, 0.15) is 18.1 Å². The molecule has 5 nitrogen and oxygen atoms in total. The van der Waals surface area contributed by atoms with E-state index in [0.29, 0.717) is 33.4 Å². The first-order chi connectivity index (χ1) is 11.2. The number of rotatable bonds is 4. The Bertz CT molecular complexity index is 831. The monoisotopic (exact) mass is 328 g/mol. The van der Waals surface area contributed by atoms with Crippen molar-refractivity contribution in [3.63, 3.8) is 0 Å². The van der Waals surface area contributed by atoms with Gasteiger partial charge in [-0.25, -0.2) is 0 Å². The van der Waals surface area contributed by atoms with Gasteiger partial charge >= 0.3 is 0 Å². The van der Waals surface area contributed by atoms with E-state index in [0.717, 1.165) is 0 Å². The highest BCUT2D eigenvalue weighted by atomic mass is 35.5. The van der Waals surface area contributed by atoms with Crippen LogP contribution in [0.15, 0.2) is 59.3 Å². The normalized spacial score (nSPS) is 10.5. The second kappa shape index (κ2) is 6.64. The molecule has 116 valence electrons. The van der Waals surface area contributed by atoms with Crippen molar-refractivity contribution in [3.8, 4) is 11.3 Å². The third kappa shape index (κ3) is 3.41. The lowest BCUT2D eigenvalue weighted by Crippen LogP contribution is -2.11. The minimum absolute atomic E-state index is 0.170. The maximum Gasteiger partial charge on any atom is 0.257 e. The Hall–Kier alpha value is -2.63. The number of benzene rings is 1. The number of amides is 1. The van der Waals surface area contributed by atoms with Crippen molar-refractivity contribution < 1.29 is 14.3 Å². The quantitative estimate of drug-likeness (QED) is 0.765. The van der Waals surface area contributed by atoms with Gasteiger partial charge in [-0.2, -0.15) is 0 Å². The SMILES string of the molecule is O=C(Nc1ccc(-c2ccc(CO)o2)c(Cl)c1)c1cccnc1. The summed E-state index contributed by atoms with van der Waals surface area (Å²) in [6, 6.07) is 11.9. The van der Waals surface area contributed by atoms with Crippen molar-refractivity contribution in [2.75, 3.05) is 5.32 Å². The molecule has 0 saturated heterocycles. The van der Waals surface area contributed by atoms with E-state index >= 15 is 0 Å². The van der Waals surface area contributed by atoms with Gasteiger partial charge in [0, 0.05) is 23.6 Å². The van der Waals surface area contributed by atoms with Gasteiger partial charge in [-0.1, -0.05) is 11.6 Å². The van der Waals surface area contributed by atoms with E-state index < -0.39 is 0 Å². The standard InChI is InChI=1S/C17H13ClN2O3/c18-15-8-12(20-17(22)11-2-1-7-19-9-11)3-5-14(15)16-6-4-13(10-21)23-16/h1-9,21H,10H2,(H,20,22). The zero-order valence-corrected chi connectivity index (χ0v) is 12.7. The van der Waals surface area contributed by atoms with E-state index in [4.69, 9.17) is 21.1 Å². The van der Waals surface area contributed by atoms with Gasteiger partial charge in [0.25, 0.3) is 5.91 Å². The van der Waals surface area contributed by atoms with Crippen molar-refractivity contribution in [1.82, 2.24) is 4.98 Å². The molecule has 2 heterocycles. The molecule has 0 unspecified atom stereocenters. The fourth-order valence-electron chi connectivity index (χ4n) is 2.10. The Morgan fingerprint density at radius 2 is 2.13 bits per heavy atom. The number of aliphatic hydroxyl groups excluding tert-OH is 1. The molecular weight excluding hydrogens is 316 g/mol. The lowest BCUT2D eigenvalue weighted by atomic mass is 10.1. The zero-order chi connectivity index (χ0) is 16.2. The molecule has 0 atom stereocenters. The molecule has 0 aliphatic carbocycles. The summed E-state index contributed by atoms with van der Waals surface area (Å²) >= 11 is 6.26. The van der Waals surface area contributed by atoms with Gasteiger partial charge in [0.15, 0.2) is 0 Å². The van der Waals surface area contributed by atoms with E-state index in [1.165, 1.54) is 6.20 Å². The Morgan fingerprint density at radius 3 is 2.78 bits per heavy atom. The van der Waals surface area contributed by atoms with Crippen LogP contribution in [-0.4, -0.2) is 16.0 Å². The van der Waals surface area contributed by atoms with Gasteiger partial charge in [-0.05, 0) is 42.5 Å². The van der Waals surface area contributed by atoms with Gasteiger partial charge in [0.2, 0.25) is 0 Å². The molecular formula is C17H13ClN2O3. The largest absolute Gasteiger partial charge is 0.459 e. The van der Waals surface area contributed by atoms with Crippen LogP contribution >= 0.6 is 11.6 Å². The summed E-state index contributed by atoms with van der Waals surface area (Å²) in [5, 5.41) is 12.2. The fraction of sp³-hybridized carbons (Fsp3) is 0.0588. The molecule has 6 heteroatoms. The van der Waals surface area contributed by atoms with Gasteiger partial charge in [-0.15, -0.1) is 0 Å². The number of aromatic nitrogens is 1. The van der Waals surface area contributed by atoms with Crippen LogP contribution in [0.2, 0.25) is 5.02 Å². The molecule has 3 aromatic rings. The summed E-state index contributed by atoms with van der Waals surface area (Å²) in [5.74, 6) is 0.761. The molecule has 2 aromatic heterocycles. The highest BCUT2D eigenvalue weighted by Crippen LogP contribution is 2.31. The summed E-state index contributed by atoms with van der Waals surface area (Å²) in [7, 11) is 0. The van der Waals surface area contributed by atoms with Crippen LogP contribution in [0.1, 0.15) is 16.1 Å². The van der Waals surface area contributed by atoms with Crippen molar-refractivity contribution in [3.05, 3.63) is 71.2 Å². The first-order valence-electron chi connectivity index (χ1n) is 6.88. The number of carbonyl (C=O) groups excluding carboxylic acids is 1. The predicted molar refractivity (Wildman–Crippen MR) is 87.3 cm³/mol. The number of nitrogens with one attached hydrogen (secondary N) is 1. The minimum Gasteiger partial charge on any atom is -0.459 e. The van der Waals surface area contributed by atoms with E-state index in [1.54, 1.807) is 48.7 Å². The van der Waals surface area contributed by atoms with E-state index in [1.807, 2.05) is 0 Å². The number of hydrogen-bond donors (Lipinski definition) is 2. The zero-order valence-electron chi connectivity index (χ0n) is 12.0. The van der Waals surface area contributed by atoms with Crippen molar-refractivity contribution in [2.45, 2.75) is 6.61 Å². The van der Waals surface area contributed by atoms with Gasteiger partial charge < -0.3 is 14.8 Å². The van der Waals surface area contributed by atoms with E-state index in [2.05, 4.69) is 10.3 Å². The highest BCUT2D eigenvalue weighted by Gasteiger charge is 2.11. The molecule has 0 bridgehead atoms. The minimum atomic E-state index is -0.262. The molecule has 1 aromatic carbocycles. The van der Waals surface area contributed by atoms with Crippen LogP contribution in [0.5, 0.6) is 0 Å². The molecule has 0 fully saturated rings. The summed E-state index contributed by atoms with van der Waals surface area (Å²) in [6.07, 6.45) is 3.09. The number of furan rings is 1. The van der Waals surface area contributed by atoms with Crippen molar-refractivity contribution in [1.29, 1.82) is 0 Å². The molecule has 0 spiro atoms. The van der Waals surface area contributed by atoms with Crippen LogP contribution in [0.25, 0.3) is 11.3 Å². The smallest absolute Gasteiger partial charge is 0.257 e. The molecule has 23 heavy (non-hydrogen) atoms. The maximum absolute atomic E-state index is 12.1. The average Bonchev–Trinajstić information content (AvgIpc) is 3.04. The summed E-state index contributed by atoms with van der Waals surface area (Å²) in [5.41, 5.74) is 1.72. The van der Waals surface area contributed by atoms with Gasteiger partial charge in [0.05, 0.1) is 10.6 Å². The summed E-state index contributed by atoms with van der Waals surface area (Å²) < 4.78 is 5.46. The molecule has 0 aliphatic heterocycles. The molecule has 3 rings (SSSR count).